The number of H-pyrrole nitrogens is 1. The van der Waals surface area contributed by atoms with Crippen LogP contribution >= 0.6 is 0 Å². The minimum atomic E-state index is -0.381. The van der Waals surface area contributed by atoms with Crippen molar-refractivity contribution in [1.82, 2.24) is 40.4 Å². The van der Waals surface area contributed by atoms with E-state index in [1.807, 2.05) is 60.7 Å². The molecule has 3 heterocycles. The summed E-state index contributed by atoms with van der Waals surface area (Å²) in [7, 11) is 0. The van der Waals surface area contributed by atoms with Gasteiger partial charge >= 0.3 is 0 Å². The number of hydrogen-bond acceptors (Lipinski definition) is 7. The molecule has 5 aromatic rings. The lowest BCUT2D eigenvalue weighted by Gasteiger charge is -2.09. The highest BCUT2D eigenvalue weighted by Gasteiger charge is 2.17. The van der Waals surface area contributed by atoms with E-state index in [1.165, 1.54) is 10.9 Å². The third-order valence-electron chi connectivity index (χ3n) is 4.24. The summed E-state index contributed by atoms with van der Waals surface area (Å²) in [6.07, 6.45) is 1.40. The SMILES string of the molecule is O=c1[nH]nnc2c1cnn2-c1nnc(-c2ccccc2)c(-c2ccccc2)n1. The average Bonchev–Trinajstić information content (AvgIpc) is 3.20. The third kappa shape index (κ3) is 2.62. The summed E-state index contributed by atoms with van der Waals surface area (Å²) in [5, 5.41) is 22.9. The van der Waals surface area contributed by atoms with Gasteiger partial charge in [-0.05, 0) is 0 Å². The Hall–Kier alpha value is -4.27. The summed E-state index contributed by atoms with van der Waals surface area (Å²) in [5.74, 6) is 0.202. The summed E-state index contributed by atoms with van der Waals surface area (Å²) in [6, 6.07) is 19.4. The van der Waals surface area contributed by atoms with Gasteiger partial charge in [-0.15, -0.1) is 15.3 Å². The van der Waals surface area contributed by atoms with Gasteiger partial charge in [0.2, 0.25) is 0 Å². The number of nitrogens with zero attached hydrogens (tertiary/aromatic N) is 7. The van der Waals surface area contributed by atoms with Gasteiger partial charge in [0.05, 0.1) is 6.20 Å². The lowest BCUT2D eigenvalue weighted by atomic mass is 10.0. The lowest BCUT2D eigenvalue weighted by molar-refractivity contribution is 0.771. The summed E-state index contributed by atoms with van der Waals surface area (Å²) >= 11 is 0. The van der Waals surface area contributed by atoms with E-state index in [0.717, 1.165) is 11.1 Å². The van der Waals surface area contributed by atoms with Crippen LogP contribution in [0.5, 0.6) is 0 Å². The van der Waals surface area contributed by atoms with Gasteiger partial charge in [0.1, 0.15) is 16.8 Å². The molecule has 0 atom stereocenters. The zero-order valence-electron chi connectivity index (χ0n) is 14.4. The van der Waals surface area contributed by atoms with Gasteiger partial charge in [0.15, 0.2) is 5.65 Å². The van der Waals surface area contributed by atoms with Crippen LogP contribution in [0.15, 0.2) is 71.7 Å². The molecule has 28 heavy (non-hydrogen) atoms. The maximum absolute atomic E-state index is 11.9. The first-order valence-corrected chi connectivity index (χ1v) is 8.46. The Morgan fingerprint density at radius 3 is 2.18 bits per heavy atom. The van der Waals surface area contributed by atoms with E-state index >= 15 is 0 Å². The second-order valence-electron chi connectivity index (χ2n) is 5.98. The van der Waals surface area contributed by atoms with Gasteiger partial charge in [-0.2, -0.15) is 9.78 Å². The summed E-state index contributed by atoms with van der Waals surface area (Å²) in [5.41, 5.74) is 2.96. The Kier molecular flexibility index (Phi) is 3.68. The van der Waals surface area contributed by atoms with Gasteiger partial charge < -0.3 is 0 Å². The molecule has 0 unspecified atom stereocenters. The Balaban J connectivity index is 1.75. The molecule has 0 saturated carbocycles. The molecule has 1 N–H and O–H groups in total. The molecule has 0 aliphatic rings. The first-order valence-electron chi connectivity index (χ1n) is 8.46. The van der Waals surface area contributed by atoms with Crippen molar-refractivity contribution in [3.63, 3.8) is 0 Å². The highest BCUT2D eigenvalue weighted by Crippen LogP contribution is 2.28. The zero-order valence-corrected chi connectivity index (χ0v) is 14.4. The van der Waals surface area contributed by atoms with E-state index in [4.69, 9.17) is 0 Å². The fraction of sp³-hybridized carbons (Fsp3) is 0. The normalized spacial score (nSPS) is 11.0. The maximum atomic E-state index is 11.9. The predicted octanol–water partition coefficient (Wildman–Crippen LogP) is 2.02. The minimum absolute atomic E-state index is 0.202. The molecule has 0 spiro atoms. The highest BCUT2D eigenvalue weighted by atomic mass is 16.1. The van der Waals surface area contributed by atoms with Crippen LogP contribution < -0.4 is 5.56 Å². The predicted molar refractivity (Wildman–Crippen MR) is 102 cm³/mol. The van der Waals surface area contributed by atoms with Crippen LogP contribution in [-0.2, 0) is 0 Å². The molecule has 9 nitrogen and oxygen atoms in total. The van der Waals surface area contributed by atoms with Crippen molar-refractivity contribution in [2.24, 2.45) is 0 Å². The molecule has 0 amide bonds. The average molecular weight is 368 g/mol. The minimum Gasteiger partial charge on any atom is -0.267 e. The topological polar surface area (TPSA) is 115 Å². The van der Waals surface area contributed by atoms with E-state index in [0.29, 0.717) is 16.8 Å². The molecule has 0 aliphatic heterocycles. The second-order valence-corrected chi connectivity index (χ2v) is 5.98. The van der Waals surface area contributed by atoms with Crippen molar-refractivity contribution in [2.45, 2.75) is 0 Å². The largest absolute Gasteiger partial charge is 0.278 e. The van der Waals surface area contributed by atoms with Crippen molar-refractivity contribution < 1.29 is 0 Å². The molecule has 9 heteroatoms. The number of hydrogen-bond donors (Lipinski definition) is 1. The molecule has 3 aromatic heterocycles. The van der Waals surface area contributed by atoms with E-state index in [-0.39, 0.29) is 17.2 Å². The zero-order chi connectivity index (χ0) is 18.9. The van der Waals surface area contributed by atoms with Crippen molar-refractivity contribution in [3.8, 4) is 28.5 Å². The molecule has 2 aromatic carbocycles. The summed E-state index contributed by atoms with van der Waals surface area (Å²) in [6.45, 7) is 0. The van der Waals surface area contributed by atoms with Crippen LogP contribution in [0.3, 0.4) is 0 Å². The Morgan fingerprint density at radius 2 is 1.46 bits per heavy atom. The maximum Gasteiger partial charge on any atom is 0.278 e. The van der Waals surface area contributed by atoms with Crippen LogP contribution in [0, 0.1) is 0 Å². The van der Waals surface area contributed by atoms with Crippen molar-refractivity contribution in [3.05, 3.63) is 77.2 Å². The number of aromatic nitrogens is 8. The van der Waals surface area contributed by atoms with Crippen LogP contribution in [0.4, 0.5) is 0 Å². The fourth-order valence-electron chi connectivity index (χ4n) is 2.92. The molecular weight excluding hydrogens is 356 g/mol. The monoisotopic (exact) mass is 368 g/mol. The van der Waals surface area contributed by atoms with Crippen molar-refractivity contribution >= 4 is 11.0 Å². The van der Waals surface area contributed by atoms with E-state index in [9.17, 15) is 4.79 Å². The molecule has 0 saturated heterocycles. The van der Waals surface area contributed by atoms with E-state index < -0.39 is 0 Å². The van der Waals surface area contributed by atoms with Gasteiger partial charge in [0.25, 0.3) is 11.5 Å². The van der Waals surface area contributed by atoms with Crippen LogP contribution in [0.25, 0.3) is 39.5 Å². The standard InChI is InChI=1S/C19H12N8O/c28-18-14-11-20-27(17(14)23-26-24-18)19-21-15(12-7-3-1-4-8-12)16(22-25-19)13-9-5-2-6-10-13/h1-11H,(H,23,24,28). The molecule has 0 fully saturated rings. The lowest BCUT2D eigenvalue weighted by Crippen LogP contribution is -2.12. The first kappa shape index (κ1) is 15.9. The van der Waals surface area contributed by atoms with E-state index in [1.54, 1.807) is 0 Å². The fourth-order valence-corrected chi connectivity index (χ4v) is 2.92. The number of aromatic amines is 1. The molecule has 5 rings (SSSR count). The number of nitrogens with one attached hydrogen (secondary N) is 1. The van der Waals surface area contributed by atoms with E-state index in [2.05, 4.69) is 35.7 Å². The molecule has 134 valence electrons. The number of benzene rings is 2. The number of rotatable bonds is 3. The van der Waals surface area contributed by atoms with Gasteiger partial charge in [-0.1, -0.05) is 65.9 Å². The van der Waals surface area contributed by atoms with Gasteiger partial charge in [-0.25, -0.2) is 10.1 Å². The molecule has 0 bridgehead atoms. The Bertz CT molecular complexity index is 1330. The Morgan fingerprint density at radius 1 is 0.786 bits per heavy atom. The van der Waals surface area contributed by atoms with Crippen molar-refractivity contribution in [1.29, 1.82) is 0 Å². The molecule has 0 radical (unpaired) electrons. The third-order valence-corrected chi connectivity index (χ3v) is 4.24. The molecular formula is C19H12N8O. The Labute approximate surface area is 157 Å². The first-order chi connectivity index (χ1) is 13.8. The second kappa shape index (κ2) is 6.47. The van der Waals surface area contributed by atoms with Crippen LogP contribution in [0.2, 0.25) is 0 Å². The van der Waals surface area contributed by atoms with Crippen LogP contribution in [-0.4, -0.2) is 40.4 Å². The molecule has 0 aliphatic carbocycles. The summed E-state index contributed by atoms with van der Waals surface area (Å²) < 4.78 is 1.35. The summed E-state index contributed by atoms with van der Waals surface area (Å²) in [4.78, 5) is 16.6. The van der Waals surface area contributed by atoms with Gasteiger partial charge in [0, 0.05) is 11.1 Å². The quantitative estimate of drug-likeness (QED) is 0.518. The smallest absolute Gasteiger partial charge is 0.267 e. The van der Waals surface area contributed by atoms with Gasteiger partial charge in [-0.3, -0.25) is 4.79 Å². The number of fused-ring (bicyclic) bond motifs is 1. The highest BCUT2D eigenvalue weighted by molar-refractivity contribution is 5.78. The van der Waals surface area contributed by atoms with Crippen LogP contribution in [0.1, 0.15) is 0 Å². The van der Waals surface area contributed by atoms with Crippen molar-refractivity contribution in [2.75, 3.05) is 0 Å².